The van der Waals surface area contributed by atoms with Crippen LogP contribution >= 0.6 is 11.6 Å². The van der Waals surface area contributed by atoms with Gasteiger partial charge in [-0.1, -0.05) is 27.7 Å². The molecule has 0 fully saturated rings. The van der Waals surface area contributed by atoms with Crippen molar-refractivity contribution in [2.75, 3.05) is 7.11 Å². The van der Waals surface area contributed by atoms with E-state index in [9.17, 15) is 4.39 Å². The summed E-state index contributed by atoms with van der Waals surface area (Å²) in [5.74, 6) is 0.866. The van der Waals surface area contributed by atoms with Crippen LogP contribution in [0.5, 0.6) is 5.75 Å². The number of ether oxygens (including phenoxy) is 1. The van der Waals surface area contributed by atoms with E-state index in [1.54, 1.807) is 13.2 Å². The minimum Gasteiger partial charge on any atom is -0.496 e. The zero-order chi connectivity index (χ0) is 14.6. The summed E-state index contributed by atoms with van der Waals surface area (Å²) < 4.78 is 18.6. The van der Waals surface area contributed by atoms with Crippen molar-refractivity contribution in [3.8, 4) is 5.75 Å². The van der Waals surface area contributed by atoms with Crippen LogP contribution in [0, 0.1) is 17.2 Å². The van der Waals surface area contributed by atoms with Crippen molar-refractivity contribution in [1.29, 1.82) is 0 Å². The molecule has 0 radical (unpaired) electrons. The average molecular weight is 287 g/mol. The summed E-state index contributed by atoms with van der Waals surface area (Å²) in [6.07, 6.45) is 1.91. The molecule has 0 N–H and O–H groups in total. The van der Waals surface area contributed by atoms with Crippen molar-refractivity contribution in [3.63, 3.8) is 0 Å². The first kappa shape index (κ1) is 16.3. The third-order valence-electron chi connectivity index (χ3n) is 3.10. The number of hydrogen-bond donors (Lipinski definition) is 0. The van der Waals surface area contributed by atoms with Crippen molar-refractivity contribution in [3.05, 3.63) is 29.6 Å². The van der Waals surface area contributed by atoms with Gasteiger partial charge in [-0.2, -0.15) is 0 Å². The number of rotatable bonds is 5. The Bertz CT molecular complexity index is 412. The number of hydrogen-bond acceptors (Lipinski definition) is 1. The second-order valence-corrected chi connectivity index (χ2v) is 6.99. The molecular weight excluding hydrogens is 263 g/mol. The molecule has 2 atom stereocenters. The van der Waals surface area contributed by atoms with E-state index in [2.05, 4.69) is 27.7 Å². The molecule has 1 rings (SSSR count). The summed E-state index contributed by atoms with van der Waals surface area (Å²) in [5.41, 5.74) is 1.02. The van der Waals surface area contributed by atoms with E-state index in [0.29, 0.717) is 11.7 Å². The topological polar surface area (TPSA) is 9.23 Å². The van der Waals surface area contributed by atoms with Crippen molar-refractivity contribution in [1.82, 2.24) is 0 Å². The van der Waals surface area contributed by atoms with E-state index < -0.39 is 0 Å². The molecule has 1 nitrogen and oxygen atoms in total. The van der Waals surface area contributed by atoms with Crippen LogP contribution in [0.25, 0.3) is 0 Å². The average Bonchev–Trinajstić information content (AvgIpc) is 2.26. The SMILES string of the molecule is COc1ccc(F)cc1C(Cl)CC(C)CC(C)(C)C. The van der Waals surface area contributed by atoms with E-state index in [1.165, 1.54) is 12.1 Å². The Morgan fingerprint density at radius 2 is 1.95 bits per heavy atom. The molecule has 0 aromatic heterocycles. The van der Waals surface area contributed by atoms with E-state index in [4.69, 9.17) is 16.3 Å². The van der Waals surface area contributed by atoms with E-state index >= 15 is 0 Å². The Morgan fingerprint density at radius 3 is 2.47 bits per heavy atom. The molecule has 108 valence electrons. The zero-order valence-corrected chi connectivity index (χ0v) is 13.2. The fourth-order valence-corrected chi connectivity index (χ4v) is 3.03. The van der Waals surface area contributed by atoms with Crippen LogP contribution in [0.3, 0.4) is 0 Å². The van der Waals surface area contributed by atoms with Gasteiger partial charge in [0.2, 0.25) is 0 Å². The first-order chi connectivity index (χ1) is 8.73. The monoisotopic (exact) mass is 286 g/mol. The van der Waals surface area contributed by atoms with Gasteiger partial charge in [0.05, 0.1) is 12.5 Å². The molecule has 0 aliphatic carbocycles. The van der Waals surface area contributed by atoms with Crippen molar-refractivity contribution in [2.24, 2.45) is 11.3 Å². The molecule has 0 aliphatic heterocycles. The summed E-state index contributed by atoms with van der Waals surface area (Å²) in [6.45, 7) is 8.84. The minimum atomic E-state index is -0.273. The van der Waals surface area contributed by atoms with Gasteiger partial charge >= 0.3 is 0 Å². The van der Waals surface area contributed by atoms with Gasteiger partial charge in [-0.05, 0) is 42.4 Å². The molecule has 1 aromatic carbocycles. The molecule has 3 heteroatoms. The molecule has 1 aromatic rings. The molecular formula is C16H24ClFO. The van der Waals surface area contributed by atoms with Crippen LogP contribution in [0.4, 0.5) is 4.39 Å². The maximum absolute atomic E-state index is 13.3. The molecule has 0 heterocycles. The number of benzene rings is 1. The lowest BCUT2D eigenvalue weighted by Crippen LogP contribution is -2.12. The van der Waals surface area contributed by atoms with Gasteiger partial charge in [0.15, 0.2) is 0 Å². The van der Waals surface area contributed by atoms with Crippen molar-refractivity contribution >= 4 is 11.6 Å². The predicted octanol–water partition coefficient (Wildman–Crippen LogP) is 5.58. The maximum Gasteiger partial charge on any atom is 0.123 e. The largest absolute Gasteiger partial charge is 0.496 e. The molecule has 0 saturated heterocycles. The summed E-state index contributed by atoms with van der Waals surface area (Å²) in [7, 11) is 1.58. The fraction of sp³-hybridized carbons (Fsp3) is 0.625. The number of methoxy groups -OCH3 is 1. The molecule has 2 unspecified atom stereocenters. The lowest BCUT2D eigenvalue weighted by molar-refractivity contribution is 0.294. The zero-order valence-electron chi connectivity index (χ0n) is 12.5. The molecule has 0 bridgehead atoms. The number of alkyl halides is 1. The lowest BCUT2D eigenvalue weighted by atomic mass is 9.83. The Balaban J connectivity index is 2.77. The highest BCUT2D eigenvalue weighted by molar-refractivity contribution is 6.21. The minimum absolute atomic E-state index is 0.219. The second-order valence-electron chi connectivity index (χ2n) is 6.46. The van der Waals surface area contributed by atoms with Gasteiger partial charge in [-0.15, -0.1) is 11.6 Å². The van der Waals surface area contributed by atoms with Crippen LogP contribution in [0.1, 0.15) is 51.5 Å². The van der Waals surface area contributed by atoms with E-state index in [1.807, 2.05) is 0 Å². The fourth-order valence-electron chi connectivity index (χ4n) is 2.56. The van der Waals surface area contributed by atoms with Gasteiger partial charge in [0.25, 0.3) is 0 Å². The maximum atomic E-state index is 13.3. The predicted molar refractivity (Wildman–Crippen MR) is 79.4 cm³/mol. The van der Waals surface area contributed by atoms with Crippen LogP contribution in [0.2, 0.25) is 0 Å². The molecule has 0 spiro atoms. The van der Waals surface area contributed by atoms with Crippen molar-refractivity contribution in [2.45, 2.75) is 45.9 Å². The lowest BCUT2D eigenvalue weighted by Gasteiger charge is -2.25. The highest BCUT2D eigenvalue weighted by Gasteiger charge is 2.21. The van der Waals surface area contributed by atoms with Crippen LogP contribution < -0.4 is 4.74 Å². The van der Waals surface area contributed by atoms with Crippen LogP contribution in [-0.2, 0) is 0 Å². The third-order valence-corrected chi connectivity index (χ3v) is 3.51. The normalized spacial score (nSPS) is 15.1. The van der Waals surface area contributed by atoms with Gasteiger partial charge in [-0.3, -0.25) is 0 Å². The summed E-state index contributed by atoms with van der Waals surface area (Å²) >= 11 is 6.44. The Labute approximate surface area is 121 Å². The first-order valence-corrected chi connectivity index (χ1v) is 7.14. The van der Waals surface area contributed by atoms with Gasteiger partial charge in [0.1, 0.15) is 11.6 Å². The summed E-state index contributed by atoms with van der Waals surface area (Å²) in [6, 6.07) is 4.50. The smallest absolute Gasteiger partial charge is 0.123 e. The van der Waals surface area contributed by atoms with Gasteiger partial charge < -0.3 is 4.74 Å². The van der Waals surface area contributed by atoms with Crippen LogP contribution in [-0.4, -0.2) is 7.11 Å². The highest BCUT2D eigenvalue weighted by Crippen LogP contribution is 2.37. The van der Waals surface area contributed by atoms with Gasteiger partial charge in [-0.25, -0.2) is 4.39 Å². The van der Waals surface area contributed by atoms with Gasteiger partial charge in [0, 0.05) is 5.56 Å². The standard InChI is InChI=1S/C16H24ClFO/c1-11(10-16(2,3)4)8-14(17)13-9-12(18)6-7-15(13)19-5/h6-7,9,11,14H,8,10H2,1-5H3. The highest BCUT2D eigenvalue weighted by atomic mass is 35.5. The molecule has 0 saturated carbocycles. The summed E-state index contributed by atoms with van der Waals surface area (Å²) in [5, 5.41) is -0.219. The quantitative estimate of drug-likeness (QED) is 0.642. The Kier molecular flexibility index (Phi) is 5.66. The number of halogens is 2. The Morgan fingerprint density at radius 1 is 1.32 bits per heavy atom. The second kappa shape index (κ2) is 6.60. The summed E-state index contributed by atoms with van der Waals surface area (Å²) in [4.78, 5) is 0. The van der Waals surface area contributed by atoms with Crippen molar-refractivity contribution < 1.29 is 9.13 Å². The van der Waals surface area contributed by atoms with Crippen LogP contribution in [0.15, 0.2) is 18.2 Å². The first-order valence-electron chi connectivity index (χ1n) is 6.70. The molecule has 19 heavy (non-hydrogen) atoms. The van der Waals surface area contributed by atoms with E-state index in [0.717, 1.165) is 18.4 Å². The third kappa shape index (κ3) is 5.40. The Hall–Kier alpha value is -0.760. The molecule has 0 aliphatic rings. The molecule has 0 amide bonds. The van der Waals surface area contributed by atoms with E-state index in [-0.39, 0.29) is 16.6 Å².